The monoisotopic (exact) mass is 905 g/mol. The minimum absolute atomic E-state index is 0.0180. The fourth-order valence-corrected chi connectivity index (χ4v) is 14.0. The Hall–Kier alpha value is -1.83. The molecule has 4 aliphatic carbocycles. The Bertz CT molecular complexity index is 1720. The number of carbonyl (C=O) groups excluding carboxylic acids is 1. The Balaban J connectivity index is 0.889. The van der Waals surface area contributed by atoms with E-state index >= 15 is 0 Å². The molecule has 0 bridgehead atoms. The molecular weight excluding hydrogens is 829 g/mol. The summed E-state index contributed by atoms with van der Waals surface area (Å²) < 4.78 is 62.2. The van der Waals surface area contributed by atoms with Crippen LogP contribution in [0.2, 0.25) is 0 Å². The predicted molar refractivity (Wildman–Crippen MR) is 231 cm³/mol. The molecule has 3 heterocycles. The van der Waals surface area contributed by atoms with Crippen LogP contribution in [-0.2, 0) is 47.4 Å². The maximum atomic E-state index is 13.7. The van der Waals surface area contributed by atoms with E-state index in [2.05, 4.69) is 13.8 Å². The molecule has 3 aliphatic heterocycles. The number of aliphatic hydroxyl groups is 4. The van der Waals surface area contributed by atoms with Crippen LogP contribution in [0.25, 0.3) is 0 Å². The number of ether oxygens (including phenoxy) is 10. The number of hydrogen-bond donors (Lipinski definition) is 4. The third-order valence-electron chi connectivity index (χ3n) is 17.6. The van der Waals surface area contributed by atoms with Crippen LogP contribution < -0.4 is 0 Å². The van der Waals surface area contributed by atoms with Gasteiger partial charge in [-0.3, -0.25) is 0 Å². The van der Waals surface area contributed by atoms with Gasteiger partial charge in [-0.15, -0.1) is 0 Å². The molecule has 362 valence electrons. The predicted octanol–water partition coefficient (Wildman–Crippen LogP) is 4.91. The van der Waals surface area contributed by atoms with E-state index in [1.54, 1.807) is 33.3 Å². The quantitative estimate of drug-likeness (QED) is 0.163. The lowest BCUT2D eigenvalue weighted by Crippen LogP contribution is -2.68. The Morgan fingerprint density at radius 1 is 0.719 bits per heavy atom. The zero-order valence-electron chi connectivity index (χ0n) is 39.3. The van der Waals surface area contributed by atoms with Gasteiger partial charge in [0.15, 0.2) is 18.9 Å². The summed E-state index contributed by atoms with van der Waals surface area (Å²) in [4.78, 5) is 13.7. The van der Waals surface area contributed by atoms with Gasteiger partial charge in [-0.05, 0) is 120 Å². The number of hydrogen-bond acceptors (Lipinski definition) is 15. The van der Waals surface area contributed by atoms with E-state index in [0.717, 1.165) is 32.1 Å². The summed E-state index contributed by atoms with van der Waals surface area (Å²) in [6.45, 7) is 11.8. The average Bonchev–Trinajstić information content (AvgIpc) is 3.56. The molecule has 3 saturated heterocycles. The van der Waals surface area contributed by atoms with Gasteiger partial charge in [-0.1, -0.05) is 32.0 Å². The fourth-order valence-electron chi connectivity index (χ4n) is 14.0. The SMILES string of the molecule is CO[C@H]1[C@@H](O)[C@H](O[C@@H]2[C@@H](C)O[C@@H](O[C@H]3[C@@H](OC)C[C@H](O[C@H]4CC[C@@]5(C)[C@@H](CC[C@@H]6[C@@H]5C[C@@H](OC(=O)c5ccccc5)[C@]5(C)[C@@H]([C@@H](C)O)CC[C@]65O)C4)O[C@@H]3C)C[C@H]2OC)O[C@H](C)[C@H]1O. The second kappa shape index (κ2) is 19.3. The number of carbonyl (C=O) groups is 1. The number of fused-ring (bicyclic) bond motifs is 5. The van der Waals surface area contributed by atoms with E-state index in [1.807, 2.05) is 39.0 Å². The minimum atomic E-state index is -1.22. The number of rotatable bonds is 12. The maximum Gasteiger partial charge on any atom is 0.338 e. The summed E-state index contributed by atoms with van der Waals surface area (Å²) >= 11 is 0. The topological polar surface area (TPSA) is 190 Å². The molecule has 8 rings (SSSR count). The molecule has 7 aliphatic rings. The Labute approximate surface area is 379 Å². The number of benzene rings is 1. The summed E-state index contributed by atoms with van der Waals surface area (Å²) in [6, 6.07) is 9.08. The second-order valence-electron chi connectivity index (χ2n) is 20.8. The first-order valence-corrected chi connectivity index (χ1v) is 24.0. The molecule has 15 nitrogen and oxygen atoms in total. The van der Waals surface area contributed by atoms with Gasteiger partial charge in [-0.25, -0.2) is 4.79 Å². The lowest BCUT2D eigenvalue weighted by molar-refractivity contribution is -0.352. The lowest BCUT2D eigenvalue weighted by Gasteiger charge is -2.65. The molecule has 0 spiro atoms. The minimum Gasteiger partial charge on any atom is -0.458 e. The zero-order valence-corrected chi connectivity index (χ0v) is 39.3. The van der Waals surface area contributed by atoms with E-state index in [-0.39, 0.29) is 47.4 Å². The van der Waals surface area contributed by atoms with Crippen molar-refractivity contribution in [1.29, 1.82) is 0 Å². The summed E-state index contributed by atoms with van der Waals surface area (Å²) in [6.07, 6.45) is -2.57. The highest BCUT2D eigenvalue weighted by Crippen LogP contribution is 2.70. The molecule has 15 heteroatoms. The van der Waals surface area contributed by atoms with Crippen LogP contribution in [0.15, 0.2) is 30.3 Å². The van der Waals surface area contributed by atoms with E-state index in [0.29, 0.717) is 43.6 Å². The van der Waals surface area contributed by atoms with Crippen LogP contribution >= 0.6 is 0 Å². The van der Waals surface area contributed by atoms with Crippen LogP contribution in [0.3, 0.4) is 0 Å². The third kappa shape index (κ3) is 8.64. The molecule has 4 saturated carbocycles. The van der Waals surface area contributed by atoms with Crippen LogP contribution in [-0.4, -0.2) is 152 Å². The summed E-state index contributed by atoms with van der Waals surface area (Å²) in [7, 11) is 4.70. The molecule has 1 aromatic carbocycles. The zero-order chi connectivity index (χ0) is 45.9. The Kier molecular flexibility index (Phi) is 14.6. The van der Waals surface area contributed by atoms with Crippen LogP contribution in [0.4, 0.5) is 0 Å². The van der Waals surface area contributed by atoms with Crippen molar-refractivity contribution in [3.05, 3.63) is 35.9 Å². The van der Waals surface area contributed by atoms with Crippen LogP contribution in [0.5, 0.6) is 0 Å². The first-order valence-electron chi connectivity index (χ1n) is 24.0. The van der Waals surface area contributed by atoms with Crippen molar-refractivity contribution in [2.24, 2.45) is 34.5 Å². The van der Waals surface area contributed by atoms with Gasteiger partial charge in [0, 0.05) is 39.6 Å². The van der Waals surface area contributed by atoms with Crippen molar-refractivity contribution < 1.29 is 72.6 Å². The van der Waals surface area contributed by atoms with Crippen molar-refractivity contribution >= 4 is 5.97 Å². The second-order valence-corrected chi connectivity index (χ2v) is 20.8. The Morgan fingerprint density at radius 2 is 1.36 bits per heavy atom. The normalized spacial score (nSPS) is 49.9. The van der Waals surface area contributed by atoms with E-state index in [1.165, 1.54) is 7.11 Å². The van der Waals surface area contributed by atoms with Gasteiger partial charge in [0.2, 0.25) is 0 Å². The van der Waals surface area contributed by atoms with Crippen LogP contribution in [0, 0.1) is 34.5 Å². The third-order valence-corrected chi connectivity index (χ3v) is 17.6. The first kappa shape index (κ1) is 48.6. The van der Waals surface area contributed by atoms with E-state index < -0.39 is 90.9 Å². The first-order chi connectivity index (χ1) is 30.5. The molecule has 0 amide bonds. The smallest absolute Gasteiger partial charge is 0.338 e. The standard InChI is InChI=1S/C49H76O15/c1-25(50)32-18-20-49(54)33-16-15-30-21-31(17-19-47(30,5)34(33)22-37(48(32,49)6)62-45(53)29-13-11-10-12-14-29)61-38-23-35(55-7)42(27(3)58-38)63-39-24-36(56-8)43(28(4)59-39)64-46-41(52)44(57-9)40(51)26(2)60-46/h10-14,25-28,30-44,46,50-52,54H,15-24H2,1-9H3/t25-,26-,27-,28-,30+,31+,32-,33-,34+,35+,36-,37-,38+,39+,40-,41-,42-,43-,44-,46+,47+,48+,49+/m1/s1. The van der Waals surface area contributed by atoms with Crippen molar-refractivity contribution in [2.45, 2.75) is 210 Å². The van der Waals surface area contributed by atoms with Gasteiger partial charge in [0.25, 0.3) is 0 Å². The molecule has 23 atom stereocenters. The lowest BCUT2D eigenvalue weighted by atomic mass is 9.42. The average molecular weight is 905 g/mol. The van der Waals surface area contributed by atoms with E-state index in [4.69, 9.17) is 47.4 Å². The number of aliphatic hydroxyl groups excluding tert-OH is 3. The Morgan fingerprint density at radius 3 is 1.98 bits per heavy atom. The molecule has 64 heavy (non-hydrogen) atoms. The van der Waals surface area contributed by atoms with Crippen molar-refractivity contribution in [3.63, 3.8) is 0 Å². The number of methoxy groups -OCH3 is 3. The molecule has 0 radical (unpaired) electrons. The summed E-state index contributed by atoms with van der Waals surface area (Å²) in [5, 5.41) is 45.4. The van der Waals surface area contributed by atoms with Gasteiger partial charge in [-0.2, -0.15) is 0 Å². The molecule has 7 fully saturated rings. The van der Waals surface area contributed by atoms with Crippen molar-refractivity contribution in [3.8, 4) is 0 Å². The summed E-state index contributed by atoms with van der Waals surface area (Å²) in [5.74, 6) is -0.0240. The molecule has 4 N–H and O–H groups in total. The van der Waals surface area contributed by atoms with Gasteiger partial charge in [0.1, 0.15) is 36.6 Å². The number of esters is 1. The van der Waals surface area contributed by atoms with Crippen molar-refractivity contribution in [2.75, 3.05) is 21.3 Å². The fraction of sp³-hybridized carbons (Fsp3) is 0.857. The maximum absolute atomic E-state index is 13.7. The van der Waals surface area contributed by atoms with E-state index in [9.17, 15) is 25.2 Å². The van der Waals surface area contributed by atoms with Crippen LogP contribution in [0.1, 0.15) is 116 Å². The highest BCUT2D eigenvalue weighted by molar-refractivity contribution is 5.89. The van der Waals surface area contributed by atoms with Gasteiger partial charge in [0.05, 0.1) is 53.9 Å². The molecule has 0 aromatic heterocycles. The summed E-state index contributed by atoms with van der Waals surface area (Å²) in [5.41, 5.74) is -1.44. The van der Waals surface area contributed by atoms with Gasteiger partial charge < -0.3 is 67.8 Å². The van der Waals surface area contributed by atoms with Gasteiger partial charge >= 0.3 is 5.97 Å². The molecule has 0 unspecified atom stereocenters. The highest BCUT2D eigenvalue weighted by atomic mass is 16.8. The molecule has 1 aromatic rings. The highest BCUT2D eigenvalue weighted by Gasteiger charge is 2.72. The van der Waals surface area contributed by atoms with Crippen molar-refractivity contribution in [1.82, 2.24) is 0 Å². The largest absolute Gasteiger partial charge is 0.458 e. The molecular formula is C49H76O15.